The SMILES string of the molecule is [NH2-].[NH2-].[O]=[Cr+2]=[O]. The fourth-order valence-corrected chi connectivity index (χ4v) is 0. The molecule has 0 aromatic rings. The molecule has 0 atom stereocenters. The summed E-state index contributed by atoms with van der Waals surface area (Å²) in [5.74, 6) is 0. The van der Waals surface area contributed by atoms with Gasteiger partial charge < -0.3 is 12.3 Å². The van der Waals surface area contributed by atoms with Gasteiger partial charge in [0.1, 0.15) is 0 Å². The molecular weight excluding hydrogens is 112 g/mol. The average molecular weight is 116 g/mol. The van der Waals surface area contributed by atoms with Crippen LogP contribution >= 0.6 is 0 Å². The third-order valence-corrected chi connectivity index (χ3v) is 0. The zero-order valence-corrected chi connectivity index (χ0v) is 3.65. The van der Waals surface area contributed by atoms with Crippen LogP contribution in [0.5, 0.6) is 0 Å². The molecule has 0 aliphatic heterocycles. The van der Waals surface area contributed by atoms with Gasteiger partial charge >= 0.3 is 22.7 Å². The van der Waals surface area contributed by atoms with Gasteiger partial charge in [-0.2, -0.15) is 0 Å². The Labute approximate surface area is 35.9 Å². The van der Waals surface area contributed by atoms with Crippen molar-refractivity contribution in [3.63, 3.8) is 0 Å². The first-order valence-electron chi connectivity index (χ1n) is 0.333. The van der Waals surface area contributed by atoms with E-state index in [0.29, 0.717) is 0 Å². The molecule has 0 radical (unpaired) electrons. The maximum absolute atomic E-state index is 8.44. The van der Waals surface area contributed by atoms with Crippen molar-refractivity contribution in [2.75, 3.05) is 0 Å². The quantitative estimate of drug-likeness (QED) is 0.474. The second-order valence-electron chi connectivity index (χ2n) is 0.0680. The van der Waals surface area contributed by atoms with Crippen LogP contribution in [0, 0.1) is 0 Å². The van der Waals surface area contributed by atoms with Crippen molar-refractivity contribution in [1.82, 2.24) is 0 Å². The zero-order chi connectivity index (χ0) is 2.71. The van der Waals surface area contributed by atoms with Crippen molar-refractivity contribution in [3.05, 3.63) is 12.3 Å². The van der Waals surface area contributed by atoms with Crippen LogP contribution in [-0.2, 0) is 22.7 Å². The minimum atomic E-state index is -1.62. The van der Waals surface area contributed by atoms with Crippen molar-refractivity contribution in [2.45, 2.75) is 0 Å². The van der Waals surface area contributed by atoms with Gasteiger partial charge in [0.2, 0.25) is 0 Å². The van der Waals surface area contributed by atoms with Gasteiger partial charge in [0.15, 0.2) is 0 Å². The summed E-state index contributed by atoms with van der Waals surface area (Å²) < 4.78 is 16.9. The third kappa shape index (κ3) is 6200. The summed E-state index contributed by atoms with van der Waals surface area (Å²) in [5.41, 5.74) is 0. The Bertz CT molecular complexity index is 28.6. The molecule has 5 heteroatoms. The first-order chi connectivity index (χ1) is 1.41. The summed E-state index contributed by atoms with van der Waals surface area (Å²) in [6.07, 6.45) is 0. The second-order valence-corrected chi connectivity index (χ2v) is 0.281. The van der Waals surface area contributed by atoms with Crippen molar-refractivity contribution >= 4 is 0 Å². The third-order valence-electron chi connectivity index (χ3n) is 0. The van der Waals surface area contributed by atoms with Crippen LogP contribution in [0.3, 0.4) is 0 Å². The molecule has 0 aromatic carbocycles. The zero-order valence-electron chi connectivity index (χ0n) is 2.38. The van der Waals surface area contributed by atoms with Crippen LogP contribution in [0.2, 0.25) is 0 Å². The van der Waals surface area contributed by atoms with Crippen molar-refractivity contribution in [2.24, 2.45) is 0 Å². The summed E-state index contributed by atoms with van der Waals surface area (Å²) in [7, 11) is 0. The second kappa shape index (κ2) is 34.1. The number of hydrogen-bond donors (Lipinski definition) is 0. The molecule has 0 unspecified atom stereocenters. The number of hydrogen-bond acceptors (Lipinski definition) is 2. The molecule has 0 aliphatic carbocycles. The van der Waals surface area contributed by atoms with Crippen LogP contribution in [0.1, 0.15) is 0 Å². The van der Waals surface area contributed by atoms with E-state index in [-0.39, 0.29) is 12.3 Å². The Morgan fingerprint density at radius 3 is 1.00 bits per heavy atom. The molecule has 0 amide bonds. The molecule has 4 N–H and O–H groups in total. The molecule has 32 valence electrons. The molecule has 0 heterocycles. The molecule has 0 aliphatic rings. The Hall–Kier alpha value is 0.0525. The van der Waals surface area contributed by atoms with E-state index in [2.05, 4.69) is 0 Å². The predicted octanol–water partition coefficient (Wildman–Crippen LogP) is 1.19. The summed E-state index contributed by atoms with van der Waals surface area (Å²) in [6, 6.07) is 0. The Balaban J connectivity index is -0.0000000200. The first-order valence-corrected chi connectivity index (χ1v) is 1.37. The van der Waals surface area contributed by atoms with Gasteiger partial charge in [0, 0.05) is 0 Å². The van der Waals surface area contributed by atoms with Gasteiger partial charge in [-0.3, -0.25) is 0 Å². The molecule has 4 nitrogen and oxygen atoms in total. The van der Waals surface area contributed by atoms with Crippen molar-refractivity contribution < 1.29 is 22.7 Å². The Kier molecular flexibility index (Phi) is 134. The molecule has 0 fully saturated rings. The summed E-state index contributed by atoms with van der Waals surface area (Å²) in [4.78, 5) is 0. The first kappa shape index (κ1) is 19.7. The monoisotopic (exact) mass is 116 g/mol. The van der Waals surface area contributed by atoms with Crippen LogP contribution < -0.4 is 0 Å². The van der Waals surface area contributed by atoms with Gasteiger partial charge in [0.25, 0.3) is 0 Å². The van der Waals surface area contributed by atoms with Crippen molar-refractivity contribution in [3.8, 4) is 0 Å². The average Bonchev–Trinajstić information content (AvgIpc) is 0.918. The molecule has 0 saturated heterocycles. The molecule has 0 bridgehead atoms. The predicted molar refractivity (Wildman–Crippen MR) is 11.9 cm³/mol. The topological polar surface area (TPSA) is 101 Å². The summed E-state index contributed by atoms with van der Waals surface area (Å²) in [5, 5.41) is 0. The molecular formula is H4CrN2O2. The van der Waals surface area contributed by atoms with Gasteiger partial charge in [-0.15, -0.1) is 0 Å². The summed E-state index contributed by atoms with van der Waals surface area (Å²) >= 11 is -1.62. The van der Waals surface area contributed by atoms with Gasteiger partial charge in [-0.25, -0.2) is 0 Å². The van der Waals surface area contributed by atoms with E-state index in [1.165, 1.54) is 0 Å². The van der Waals surface area contributed by atoms with E-state index in [0.717, 1.165) is 0 Å². The van der Waals surface area contributed by atoms with E-state index in [1.54, 1.807) is 0 Å². The van der Waals surface area contributed by atoms with Crippen LogP contribution in [-0.4, -0.2) is 0 Å². The molecule has 0 spiro atoms. The van der Waals surface area contributed by atoms with E-state index in [4.69, 9.17) is 7.61 Å². The fraction of sp³-hybridized carbons (Fsp3) is 0. The van der Waals surface area contributed by atoms with Gasteiger partial charge in [-0.05, 0) is 0 Å². The normalized spacial score (nSPS) is 1.60. The van der Waals surface area contributed by atoms with Crippen LogP contribution in [0.4, 0.5) is 0 Å². The van der Waals surface area contributed by atoms with Crippen molar-refractivity contribution in [1.29, 1.82) is 0 Å². The molecule has 0 rings (SSSR count). The van der Waals surface area contributed by atoms with E-state index in [9.17, 15) is 0 Å². The Morgan fingerprint density at radius 1 is 1.00 bits per heavy atom. The molecule has 0 aromatic heterocycles. The summed E-state index contributed by atoms with van der Waals surface area (Å²) in [6.45, 7) is 0. The van der Waals surface area contributed by atoms with Crippen LogP contribution in [0.15, 0.2) is 0 Å². The number of rotatable bonds is 0. The van der Waals surface area contributed by atoms with E-state index >= 15 is 0 Å². The molecule has 0 saturated carbocycles. The minimum absolute atomic E-state index is 0. The molecule has 5 heavy (non-hydrogen) atoms. The fourth-order valence-electron chi connectivity index (χ4n) is 0. The van der Waals surface area contributed by atoms with Gasteiger partial charge in [-0.1, -0.05) is 0 Å². The van der Waals surface area contributed by atoms with Gasteiger partial charge in [0.05, 0.1) is 0 Å². The standard InChI is InChI=1S/Cr.2H2N.2O/h;2*1H2;;/q+2;2*-1;;. The van der Waals surface area contributed by atoms with Crippen LogP contribution in [0.25, 0.3) is 12.3 Å². The maximum atomic E-state index is 8.44. The van der Waals surface area contributed by atoms with E-state index in [1.807, 2.05) is 0 Å². The Morgan fingerprint density at radius 2 is 1.00 bits per heavy atom. The van der Waals surface area contributed by atoms with E-state index < -0.39 is 15.1 Å². The number of nitrogens with two attached hydrogens (primary N) is 2.